The molecule has 0 aliphatic carbocycles. The molecule has 34 heavy (non-hydrogen) atoms. The van der Waals surface area contributed by atoms with E-state index in [0.717, 1.165) is 16.9 Å². The van der Waals surface area contributed by atoms with Crippen molar-refractivity contribution < 1.29 is 13.9 Å². The van der Waals surface area contributed by atoms with E-state index in [4.69, 9.17) is 4.74 Å². The number of nitrogens with zero attached hydrogens (tertiary/aromatic N) is 4. The minimum Gasteiger partial charge on any atom is -0.486 e. The smallest absolute Gasteiger partial charge is 0.255 e. The van der Waals surface area contributed by atoms with Crippen molar-refractivity contribution in [1.82, 2.24) is 24.3 Å². The summed E-state index contributed by atoms with van der Waals surface area (Å²) >= 11 is 0. The van der Waals surface area contributed by atoms with E-state index in [9.17, 15) is 9.18 Å². The molecule has 0 aliphatic heterocycles. The molecule has 0 bridgehead atoms. The van der Waals surface area contributed by atoms with E-state index < -0.39 is 5.82 Å². The minimum atomic E-state index is -0.392. The van der Waals surface area contributed by atoms with Crippen LogP contribution in [-0.2, 0) is 13.2 Å². The molecular weight excluding hydrogens is 433 g/mol. The first-order valence-corrected chi connectivity index (χ1v) is 10.8. The second-order valence-electron chi connectivity index (χ2n) is 7.88. The molecule has 5 rings (SSSR count). The molecule has 0 unspecified atom stereocenters. The molecule has 3 heterocycles. The summed E-state index contributed by atoms with van der Waals surface area (Å²) in [6.45, 7) is 2.41. The summed E-state index contributed by atoms with van der Waals surface area (Å²) in [6, 6.07) is 15.8. The summed E-state index contributed by atoms with van der Waals surface area (Å²) in [5, 5.41) is 2.84. The van der Waals surface area contributed by atoms with Crippen molar-refractivity contribution in [1.29, 1.82) is 0 Å². The van der Waals surface area contributed by atoms with Crippen LogP contribution in [0.15, 0.2) is 85.7 Å². The molecule has 0 saturated carbocycles. The quantitative estimate of drug-likeness (QED) is 0.393. The molecule has 0 spiro atoms. The van der Waals surface area contributed by atoms with Crippen molar-refractivity contribution >= 4 is 11.6 Å². The van der Waals surface area contributed by atoms with E-state index in [0.29, 0.717) is 22.6 Å². The van der Waals surface area contributed by atoms with Gasteiger partial charge in [0.25, 0.3) is 5.91 Å². The van der Waals surface area contributed by atoms with Crippen LogP contribution in [0.3, 0.4) is 0 Å². The van der Waals surface area contributed by atoms with Gasteiger partial charge in [-0.25, -0.2) is 14.4 Å². The molecule has 0 aliphatic rings. The van der Waals surface area contributed by atoms with Crippen LogP contribution in [0.4, 0.5) is 4.39 Å². The molecule has 5 aromatic rings. The molecule has 0 atom stereocenters. The predicted molar refractivity (Wildman–Crippen MR) is 125 cm³/mol. The van der Waals surface area contributed by atoms with Crippen LogP contribution < -0.4 is 10.1 Å². The molecule has 1 amide bonds. The number of benzene rings is 2. The fourth-order valence-electron chi connectivity index (χ4n) is 3.75. The van der Waals surface area contributed by atoms with Crippen LogP contribution in [0.25, 0.3) is 11.3 Å². The van der Waals surface area contributed by atoms with Crippen LogP contribution in [0, 0.1) is 12.7 Å². The van der Waals surface area contributed by atoms with Crippen molar-refractivity contribution in [3.05, 3.63) is 114 Å². The largest absolute Gasteiger partial charge is 0.486 e. The second-order valence-corrected chi connectivity index (χ2v) is 7.88. The molecular formula is C26H22FN5O2. The number of halogens is 1. The number of fused-ring (bicyclic) bond motifs is 1. The van der Waals surface area contributed by atoms with E-state index in [1.54, 1.807) is 47.3 Å². The van der Waals surface area contributed by atoms with Crippen molar-refractivity contribution in [3.63, 3.8) is 0 Å². The zero-order valence-electron chi connectivity index (χ0n) is 18.5. The lowest BCUT2D eigenvalue weighted by Crippen LogP contribution is -2.23. The average Bonchev–Trinajstić information content (AvgIpc) is 3.52. The molecule has 1 N–H and O–H groups in total. The summed E-state index contributed by atoms with van der Waals surface area (Å²) in [4.78, 5) is 21.4. The third kappa shape index (κ3) is 4.38. The van der Waals surface area contributed by atoms with Crippen LogP contribution in [0.1, 0.15) is 27.2 Å². The number of imidazole rings is 2. The fraction of sp³-hybridized carbons (Fsp3) is 0.115. The summed E-state index contributed by atoms with van der Waals surface area (Å²) in [5.41, 5.74) is 4.15. The Bertz CT molecular complexity index is 1460. The van der Waals surface area contributed by atoms with Crippen molar-refractivity contribution in [2.75, 3.05) is 0 Å². The van der Waals surface area contributed by atoms with Crippen LogP contribution in [0.5, 0.6) is 5.75 Å². The highest BCUT2D eigenvalue weighted by molar-refractivity contribution is 5.96. The number of ether oxygens (including phenoxy) is 1. The zero-order chi connectivity index (χ0) is 23.5. The Morgan fingerprint density at radius 1 is 1.12 bits per heavy atom. The molecule has 8 heteroatoms. The Morgan fingerprint density at radius 3 is 2.79 bits per heavy atom. The van der Waals surface area contributed by atoms with E-state index in [1.165, 1.54) is 12.4 Å². The number of carbonyl (C=O) groups is 1. The summed E-state index contributed by atoms with van der Waals surface area (Å²) < 4.78 is 24.0. The molecule has 3 aromatic heterocycles. The zero-order valence-corrected chi connectivity index (χ0v) is 18.5. The summed E-state index contributed by atoms with van der Waals surface area (Å²) in [5.74, 6) is -0.243. The maximum Gasteiger partial charge on any atom is 0.255 e. The van der Waals surface area contributed by atoms with Gasteiger partial charge >= 0.3 is 0 Å². The number of rotatable bonds is 7. The Labute approximate surface area is 195 Å². The predicted octanol–water partition coefficient (Wildman–Crippen LogP) is 4.48. The first-order chi connectivity index (χ1) is 16.6. The van der Waals surface area contributed by atoms with Crippen LogP contribution in [-0.4, -0.2) is 24.8 Å². The highest BCUT2D eigenvalue weighted by atomic mass is 19.1. The van der Waals surface area contributed by atoms with E-state index in [1.807, 2.05) is 41.9 Å². The fourth-order valence-corrected chi connectivity index (χ4v) is 3.75. The van der Waals surface area contributed by atoms with Gasteiger partial charge in [-0.05, 0) is 48.4 Å². The molecule has 0 fully saturated rings. The Hall–Kier alpha value is -4.46. The topological polar surface area (TPSA) is 73.5 Å². The van der Waals surface area contributed by atoms with Gasteiger partial charge in [0.1, 0.15) is 23.8 Å². The Kier molecular flexibility index (Phi) is 5.78. The maximum absolute atomic E-state index is 14.5. The van der Waals surface area contributed by atoms with E-state index in [2.05, 4.69) is 15.3 Å². The van der Waals surface area contributed by atoms with Gasteiger partial charge in [0.05, 0.1) is 23.3 Å². The summed E-state index contributed by atoms with van der Waals surface area (Å²) in [7, 11) is 0. The van der Waals surface area contributed by atoms with Gasteiger partial charge in [-0.15, -0.1) is 0 Å². The van der Waals surface area contributed by atoms with E-state index in [-0.39, 0.29) is 19.1 Å². The maximum atomic E-state index is 14.5. The highest BCUT2D eigenvalue weighted by Crippen LogP contribution is 2.21. The lowest BCUT2D eigenvalue weighted by atomic mass is 10.1. The number of aryl methyl sites for hydroxylation is 1. The molecule has 2 aromatic carbocycles. The number of para-hydroxylation sites is 1. The van der Waals surface area contributed by atoms with Gasteiger partial charge in [-0.1, -0.05) is 24.3 Å². The lowest BCUT2D eigenvalue weighted by Gasteiger charge is -2.12. The molecule has 0 radical (unpaired) electrons. The van der Waals surface area contributed by atoms with Gasteiger partial charge in [0, 0.05) is 31.3 Å². The third-order valence-electron chi connectivity index (χ3n) is 5.48. The molecule has 170 valence electrons. The lowest BCUT2D eigenvalue weighted by molar-refractivity contribution is 0.0946. The SMILES string of the molecule is Cc1cccn2cc(COc3ccccc3C(=O)NCc3ccc(-n4ccnc4)c(F)c3)nc12. The van der Waals surface area contributed by atoms with Crippen LogP contribution in [0.2, 0.25) is 0 Å². The summed E-state index contributed by atoms with van der Waals surface area (Å²) in [6.07, 6.45) is 8.63. The highest BCUT2D eigenvalue weighted by Gasteiger charge is 2.14. The molecule has 7 nitrogen and oxygen atoms in total. The standard InChI is InChI=1S/C26H22FN5O2/c1-18-5-4-11-31-15-20(30-25(18)31)16-34-24-7-3-2-6-21(24)26(33)29-14-19-8-9-23(22(27)13-19)32-12-10-28-17-32/h2-13,15,17H,14,16H2,1H3,(H,29,33). The number of nitrogens with one attached hydrogen (secondary N) is 1. The number of aromatic nitrogens is 4. The third-order valence-corrected chi connectivity index (χ3v) is 5.48. The van der Waals surface area contributed by atoms with Crippen molar-refractivity contribution in [3.8, 4) is 11.4 Å². The first-order valence-electron chi connectivity index (χ1n) is 10.8. The first kappa shape index (κ1) is 21.4. The van der Waals surface area contributed by atoms with Gasteiger partial charge in [-0.3, -0.25) is 4.79 Å². The number of carbonyl (C=O) groups excluding carboxylic acids is 1. The van der Waals surface area contributed by atoms with Crippen molar-refractivity contribution in [2.45, 2.75) is 20.1 Å². The van der Waals surface area contributed by atoms with Crippen molar-refractivity contribution in [2.24, 2.45) is 0 Å². The number of hydrogen-bond donors (Lipinski definition) is 1. The Balaban J connectivity index is 1.26. The van der Waals surface area contributed by atoms with Gasteiger partial charge in [0.2, 0.25) is 0 Å². The number of pyridine rings is 1. The average molecular weight is 455 g/mol. The van der Waals surface area contributed by atoms with Gasteiger partial charge in [-0.2, -0.15) is 0 Å². The van der Waals surface area contributed by atoms with Gasteiger partial charge in [0.15, 0.2) is 0 Å². The number of amides is 1. The minimum absolute atomic E-state index is 0.181. The van der Waals surface area contributed by atoms with Crippen LogP contribution >= 0.6 is 0 Å². The molecule has 0 saturated heterocycles. The monoisotopic (exact) mass is 455 g/mol. The Morgan fingerprint density at radius 2 is 2.00 bits per heavy atom. The second kappa shape index (κ2) is 9.19. The normalized spacial score (nSPS) is 11.0. The van der Waals surface area contributed by atoms with E-state index >= 15 is 0 Å². The number of hydrogen-bond acceptors (Lipinski definition) is 4. The van der Waals surface area contributed by atoms with Gasteiger partial charge < -0.3 is 19.0 Å².